The Morgan fingerprint density at radius 3 is 2.61 bits per heavy atom. The van der Waals surface area contributed by atoms with Crippen LogP contribution in [0.25, 0.3) is 0 Å². The molecule has 1 aromatic heterocycles. The minimum absolute atomic E-state index is 0.553. The summed E-state index contributed by atoms with van der Waals surface area (Å²) in [7, 11) is 2.05. The number of hydrogen-bond acceptors (Lipinski definition) is 8. The number of morpholine rings is 1. The Hall–Kier alpha value is -2.26. The highest BCUT2D eigenvalue weighted by atomic mass is 16.5. The van der Waals surface area contributed by atoms with Crippen molar-refractivity contribution in [1.29, 1.82) is 0 Å². The van der Waals surface area contributed by atoms with Crippen LogP contribution in [-0.2, 0) is 11.3 Å². The van der Waals surface area contributed by atoms with Gasteiger partial charge in [-0.25, -0.2) is 9.97 Å². The molecule has 0 aliphatic carbocycles. The standard InChI is InChI=1S/C23H33N5O3/c1-26(18-23(29)7-10-28(19-23)22-24-8-2-9-25-22)17-20-3-5-21(6-4-20)31-16-13-27-11-14-30-15-12-27/h2-6,8-9,29H,7,10-19H2,1H3/t23-/m1/s1. The molecule has 2 aliphatic heterocycles. The predicted molar refractivity (Wildman–Crippen MR) is 119 cm³/mol. The van der Waals surface area contributed by atoms with Crippen LogP contribution in [0.3, 0.4) is 0 Å². The average molecular weight is 428 g/mol. The number of aromatic nitrogens is 2. The maximum absolute atomic E-state index is 11.0. The molecule has 1 atom stereocenters. The van der Waals surface area contributed by atoms with Gasteiger partial charge in [-0.05, 0) is 37.2 Å². The van der Waals surface area contributed by atoms with Crippen molar-refractivity contribution in [2.75, 3.05) is 71.0 Å². The van der Waals surface area contributed by atoms with Crippen molar-refractivity contribution < 1.29 is 14.6 Å². The molecule has 8 nitrogen and oxygen atoms in total. The van der Waals surface area contributed by atoms with Gasteiger partial charge in [0, 0.05) is 51.7 Å². The number of hydrogen-bond donors (Lipinski definition) is 1. The monoisotopic (exact) mass is 427 g/mol. The molecular formula is C23H33N5O3. The van der Waals surface area contributed by atoms with Crippen molar-refractivity contribution in [3.05, 3.63) is 48.3 Å². The van der Waals surface area contributed by atoms with Crippen molar-refractivity contribution in [3.63, 3.8) is 0 Å². The summed E-state index contributed by atoms with van der Waals surface area (Å²) < 4.78 is 11.3. The van der Waals surface area contributed by atoms with Crippen LogP contribution in [0.1, 0.15) is 12.0 Å². The van der Waals surface area contributed by atoms with Crippen LogP contribution in [0.2, 0.25) is 0 Å². The Kier molecular flexibility index (Phi) is 7.34. The molecule has 8 heteroatoms. The zero-order valence-corrected chi connectivity index (χ0v) is 18.3. The van der Waals surface area contributed by atoms with Crippen molar-refractivity contribution >= 4 is 5.95 Å². The molecule has 168 valence electrons. The van der Waals surface area contributed by atoms with Crippen molar-refractivity contribution in [2.24, 2.45) is 0 Å². The van der Waals surface area contributed by atoms with E-state index >= 15 is 0 Å². The molecular weight excluding hydrogens is 394 g/mol. The van der Waals surface area contributed by atoms with Gasteiger partial charge < -0.3 is 19.5 Å². The fraction of sp³-hybridized carbons (Fsp3) is 0.565. The first-order valence-corrected chi connectivity index (χ1v) is 11.0. The van der Waals surface area contributed by atoms with E-state index in [0.717, 1.165) is 51.7 Å². The van der Waals surface area contributed by atoms with Crippen molar-refractivity contribution in [3.8, 4) is 5.75 Å². The Bertz CT molecular complexity index is 801. The van der Waals surface area contributed by atoms with E-state index in [0.29, 0.717) is 32.1 Å². The van der Waals surface area contributed by atoms with E-state index < -0.39 is 5.60 Å². The highest BCUT2D eigenvalue weighted by Gasteiger charge is 2.37. The third-order valence-corrected chi connectivity index (χ3v) is 5.89. The summed E-state index contributed by atoms with van der Waals surface area (Å²) in [6, 6.07) is 10.1. The van der Waals surface area contributed by atoms with Gasteiger partial charge in [-0.15, -0.1) is 0 Å². The maximum Gasteiger partial charge on any atom is 0.225 e. The van der Waals surface area contributed by atoms with E-state index in [1.807, 2.05) is 19.2 Å². The molecule has 0 amide bonds. The van der Waals surface area contributed by atoms with Gasteiger partial charge in [0.1, 0.15) is 12.4 Å². The summed E-state index contributed by atoms with van der Waals surface area (Å²) in [5.74, 6) is 1.58. The Balaban J connectivity index is 1.21. The predicted octanol–water partition coefficient (Wildman–Crippen LogP) is 1.26. The zero-order chi connectivity index (χ0) is 21.5. The molecule has 1 N–H and O–H groups in total. The lowest BCUT2D eigenvalue weighted by atomic mass is 10.0. The van der Waals surface area contributed by atoms with E-state index in [1.54, 1.807) is 18.5 Å². The first kappa shape index (κ1) is 22.0. The number of nitrogens with zero attached hydrogens (tertiary/aromatic N) is 5. The van der Waals surface area contributed by atoms with Crippen molar-refractivity contribution in [1.82, 2.24) is 19.8 Å². The molecule has 1 aromatic carbocycles. The molecule has 31 heavy (non-hydrogen) atoms. The molecule has 0 bridgehead atoms. The Morgan fingerprint density at radius 1 is 1.13 bits per heavy atom. The molecule has 4 rings (SSSR count). The number of anilines is 1. The van der Waals surface area contributed by atoms with Gasteiger partial charge in [0.2, 0.25) is 5.95 Å². The zero-order valence-electron chi connectivity index (χ0n) is 18.3. The first-order valence-electron chi connectivity index (χ1n) is 11.0. The molecule has 0 saturated carbocycles. The third kappa shape index (κ3) is 6.36. The Morgan fingerprint density at radius 2 is 1.87 bits per heavy atom. The van der Waals surface area contributed by atoms with Gasteiger partial charge >= 0.3 is 0 Å². The molecule has 2 fully saturated rings. The summed E-state index contributed by atoms with van der Waals surface area (Å²) in [5.41, 5.74) is 0.448. The molecule has 0 spiro atoms. The van der Waals surface area contributed by atoms with Crippen LogP contribution in [-0.4, -0.2) is 96.6 Å². The number of ether oxygens (including phenoxy) is 2. The number of rotatable bonds is 9. The molecule has 2 aromatic rings. The number of likely N-dealkylation sites (N-methyl/N-ethyl adjacent to an activating group) is 1. The van der Waals surface area contributed by atoms with Gasteiger partial charge in [-0.3, -0.25) is 9.80 Å². The quantitative estimate of drug-likeness (QED) is 0.641. The smallest absolute Gasteiger partial charge is 0.225 e. The first-order chi connectivity index (χ1) is 15.1. The minimum Gasteiger partial charge on any atom is -0.492 e. The van der Waals surface area contributed by atoms with Crippen LogP contribution in [0.4, 0.5) is 5.95 Å². The molecule has 3 heterocycles. The molecule has 2 saturated heterocycles. The largest absolute Gasteiger partial charge is 0.492 e. The second-order valence-corrected chi connectivity index (χ2v) is 8.56. The second kappa shape index (κ2) is 10.4. The average Bonchev–Trinajstić information content (AvgIpc) is 3.18. The van der Waals surface area contributed by atoms with Crippen LogP contribution in [0.5, 0.6) is 5.75 Å². The lowest BCUT2D eigenvalue weighted by molar-refractivity contribution is 0.0278. The summed E-state index contributed by atoms with van der Waals surface area (Å²) in [4.78, 5) is 15.2. The summed E-state index contributed by atoms with van der Waals surface area (Å²) in [5, 5.41) is 11.0. The van der Waals surface area contributed by atoms with E-state index in [1.165, 1.54) is 5.56 Å². The third-order valence-electron chi connectivity index (χ3n) is 5.89. The number of β-amino-alcohol motifs (C(OH)–C–C–N with tert-alkyl or cyclic N) is 1. The van der Waals surface area contributed by atoms with Gasteiger partial charge in [0.15, 0.2) is 0 Å². The Labute approximate surface area is 184 Å². The van der Waals surface area contributed by atoms with Crippen molar-refractivity contribution in [2.45, 2.75) is 18.6 Å². The fourth-order valence-corrected chi connectivity index (χ4v) is 4.29. The maximum atomic E-state index is 11.0. The van der Waals surface area contributed by atoms with E-state index in [4.69, 9.17) is 9.47 Å². The molecule has 0 radical (unpaired) electrons. The van der Waals surface area contributed by atoms with Gasteiger partial charge in [0.25, 0.3) is 0 Å². The summed E-state index contributed by atoms with van der Waals surface area (Å²) in [6.07, 6.45) is 4.19. The highest BCUT2D eigenvalue weighted by molar-refractivity contribution is 5.32. The lowest BCUT2D eigenvalue weighted by Crippen LogP contribution is -2.43. The van der Waals surface area contributed by atoms with E-state index in [9.17, 15) is 5.11 Å². The van der Waals surface area contributed by atoms with Crippen LogP contribution in [0.15, 0.2) is 42.7 Å². The number of aliphatic hydroxyl groups is 1. The van der Waals surface area contributed by atoms with Crippen LogP contribution in [0, 0.1) is 0 Å². The highest BCUT2D eigenvalue weighted by Crippen LogP contribution is 2.25. The topological polar surface area (TPSA) is 74.2 Å². The van der Waals surface area contributed by atoms with Crippen LogP contribution >= 0.6 is 0 Å². The summed E-state index contributed by atoms with van der Waals surface area (Å²) >= 11 is 0. The SMILES string of the molecule is CN(Cc1ccc(OCCN2CCOCC2)cc1)C[C@]1(O)CCN(c2ncccn2)C1. The normalized spacial score (nSPS) is 22.2. The van der Waals surface area contributed by atoms with E-state index in [-0.39, 0.29) is 0 Å². The summed E-state index contributed by atoms with van der Waals surface area (Å²) in [6.45, 7) is 7.92. The lowest BCUT2D eigenvalue weighted by Gasteiger charge is -2.29. The van der Waals surface area contributed by atoms with Gasteiger partial charge in [-0.1, -0.05) is 12.1 Å². The van der Waals surface area contributed by atoms with Gasteiger partial charge in [0.05, 0.1) is 25.4 Å². The van der Waals surface area contributed by atoms with Crippen LogP contribution < -0.4 is 9.64 Å². The second-order valence-electron chi connectivity index (χ2n) is 8.56. The van der Waals surface area contributed by atoms with E-state index in [2.05, 4.69) is 36.8 Å². The fourth-order valence-electron chi connectivity index (χ4n) is 4.29. The number of benzene rings is 1. The molecule has 2 aliphatic rings. The molecule has 0 unspecified atom stereocenters. The minimum atomic E-state index is -0.753. The van der Waals surface area contributed by atoms with Gasteiger partial charge in [-0.2, -0.15) is 0 Å².